The van der Waals surface area contributed by atoms with Crippen molar-refractivity contribution >= 4 is 12.4 Å². The van der Waals surface area contributed by atoms with Gasteiger partial charge in [0.1, 0.15) is 11.8 Å². The minimum atomic E-state index is 0. The Labute approximate surface area is 102 Å². The van der Waals surface area contributed by atoms with Crippen molar-refractivity contribution in [3.8, 4) is 6.07 Å². The molecule has 0 aromatic carbocycles. The number of nitrogens with one attached hydrogen (secondary N) is 1. The Balaban J connectivity index is 0.00000128. The number of hydrogen-bond acceptors (Lipinski definition) is 3. The van der Waals surface area contributed by atoms with Gasteiger partial charge in [0.2, 0.25) is 5.76 Å². The highest BCUT2D eigenvalue weighted by Crippen LogP contribution is 2.47. The highest BCUT2D eigenvalue weighted by Gasteiger charge is 2.39. The van der Waals surface area contributed by atoms with Gasteiger partial charge in [-0.15, -0.1) is 12.4 Å². The second-order valence-electron chi connectivity index (χ2n) is 4.33. The van der Waals surface area contributed by atoms with Gasteiger partial charge in [-0.1, -0.05) is 6.92 Å². The molecule has 0 atom stereocenters. The number of halogens is 1. The van der Waals surface area contributed by atoms with Gasteiger partial charge in [0.25, 0.3) is 0 Å². The maximum Gasteiger partial charge on any atom is 0.203 e. The van der Waals surface area contributed by atoms with E-state index in [-0.39, 0.29) is 12.4 Å². The summed E-state index contributed by atoms with van der Waals surface area (Å²) in [5.41, 5.74) is 0.560. The van der Waals surface area contributed by atoms with Gasteiger partial charge in [0.05, 0.1) is 6.54 Å². The first-order valence-electron chi connectivity index (χ1n) is 5.47. The van der Waals surface area contributed by atoms with Crippen molar-refractivity contribution in [1.82, 2.24) is 5.32 Å². The van der Waals surface area contributed by atoms with Gasteiger partial charge in [-0.25, -0.2) is 0 Å². The Morgan fingerprint density at radius 3 is 2.75 bits per heavy atom. The van der Waals surface area contributed by atoms with Crippen LogP contribution < -0.4 is 5.32 Å². The fourth-order valence-corrected chi connectivity index (χ4v) is 1.82. The van der Waals surface area contributed by atoms with Crippen molar-refractivity contribution in [3.63, 3.8) is 0 Å². The lowest BCUT2D eigenvalue weighted by molar-refractivity contribution is 0.414. The van der Waals surface area contributed by atoms with E-state index in [1.807, 2.05) is 12.1 Å². The Kier molecular flexibility index (Phi) is 4.40. The summed E-state index contributed by atoms with van der Waals surface area (Å²) >= 11 is 0. The van der Waals surface area contributed by atoms with Crippen molar-refractivity contribution in [3.05, 3.63) is 23.7 Å². The van der Waals surface area contributed by atoms with E-state index < -0.39 is 0 Å². The van der Waals surface area contributed by atoms with E-state index in [4.69, 9.17) is 9.68 Å². The van der Waals surface area contributed by atoms with Crippen molar-refractivity contribution in [1.29, 1.82) is 5.26 Å². The first kappa shape index (κ1) is 13.1. The molecule has 88 valence electrons. The van der Waals surface area contributed by atoms with Crippen LogP contribution in [0.3, 0.4) is 0 Å². The van der Waals surface area contributed by atoms with E-state index in [9.17, 15) is 0 Å². The summed E-state index contributed by atoms with van der Waals surface area (Å²) in [6.07, 6.45) is 3.94. The molecule has 3 nitrogen and oxygen atoms in total. The molecule has 4 heteroatoms. The molecule has 1 saturated carbocycles. The molecule has 0 saturated heterocycles. The maximum absolute atomic E-state index is 8.59. The molecule has 1 fully saturated rings. The molecule has 1 aromatic heterocycles. The molecule has 0 amide bonds. The van der Waals surface area contributed by atoms with Gasteiger partial charge in [-0.2, -0.15) is 5.26 Å². The third kappa shape index (κ3) is 3.01. The molecule has 0 unspecified atom stereocenters. The Morgan fingerprint density at radius 1 is 1.50 bits per heavy atom. The summed E-state index contributed by atoms with van der Waals surface area (Å²) in [7, 11) is 0. The second kappa shape index (κ2) is 5.38. The average molecular weight is 241 g/mol. The zero-order valence-corrected chi connectivity index (χ0v) is 10.3. The van der Waals surface area contributed by atoms with Crippen LogP contribution in [0.15, 0.2) is 16.5 Å². The number of furan rings is 1. The summed E-state index contributed by atoms with van der Waals surface area (Å²) in [4.78, 5) is 0. The molecule has 1 aliphatic carbocycles. The first-order chi connectivity index (χ1) is 7.28. The van der Waals surface area contributed by atoms with E-state index in [0.29, 0.717) is 11.2 Å². The molecule has 0 radical (unpaired) electrons. The quantitative estimate of drug-likeness (QED) is 0.861. The van der Waals surface area contributed by atoms with Gasteiger partial charge >= 0.3 is 0 Å². The highest BCUT2D eigenvalue weighted by molar-refractivity contribution is 5.85. The number of nitriles is 1. The van der Waals surface area contributed by atoms with Crippen LogP contribution >= 0.6 is 12.4 Å². The van der Waals surface area contributed by atoms with Crippen LogP contribution in [0.1, 0.15) is 37.7 Å². The molecule has 0 aliphatic heterocycles. The number of nitrogens with zero attached hydrogens (tertiary/aromatic N) is 1. The standard InChI is InChI=1S/C12H16N2O.ClH/c1-2-12(5-6-12)9-14-8-11-4-3-10(7-13)15-11;/h3-4,14H,2,5-6,8-9H2,1H3;1H. The summed E-state index contributed by atoms with van der Waals surface area (Å²) in [5.74, 6) is 1.24. The summed E-state index contributed by atoms with van der Waals surface area (Å²) in [6.45, 7) is 4.03. The topological polar surface area (TPSA) is 49.0 Å². The molecule has 16 heavy (non-hydrogen) atoms. The monoisotopic (exact) mass is 240 g/mol. The third-order valence-electron chi connectivity index (χ3n) is 3.28. The smallest absolute Gasteiger partial charge is 0.203 e. The number of hydrogen-bond donors (Lipinski definition) is 1. The van der Waals surface area contributed by atoms with Gasteiger partial charge in [-0.3, -0.25) is 0 Å². The molecule has 1 heterocycles. The summed E-state index contributed by atoms with van der Waals surface area (Å²) in [6, 6.07) is 5.55. The van der Waals surface area contributed by atoms with E-state index in [2.05, 4.69) is 12.2 Å². The molecular weight excluding hydrogens is 224 g/mol. The van der Waals surface area contributed by atoms with Gasteiger partial charge < -0.3 is 9.73 Å². The predicted molar refractivity (Wildman–Crippen MR) is 64.3 cm³/mol. The molecule has 1 aromatic rings. The van der Waals surface area contributed by atoms with Crippen LogP contribution in [0.2, 0.25) is 0 Å². The van der Waals surface area contributed by atoms with Crippen molar-refractivity contribution in [2.75, 3.05) is 6.54 Å². The van der Waals surface area contributed by atoms with Crippen molar-refractivity contribution in [2.24, 2.45) is 5.41 Å². The molecule has 0 bridgehead atoms. The first-order valence-corrected chi connectivity index (χ1v) is 5.47. The fourth-order valence-electron chi connectivity index (χ4n) is 1.82. The van der Waals surface area contributed by atoms with Crippen molar-refractivity contribution in [2.45, 2.75) is 32.7 Å². The van der Waals surface area contributed by atoms with Crippen LogP contribution in [0.25, 0.3) is 0 Å². The van der Waals surface area contributed by atoms with E-state index >= 15 is 0 Å². The zero-order chi connectivity index (χ0) is 10.7. The lowest BCUT2D eigenvalue weighted by Crippen LogP contribution is -2.22. The predicted octanol–water partition coefficient (Wildman–Crippen LogP) is 2.85. The molecule has 0 spiro atoms. The van der Waals surface area contributed by atoms with E-state index in [1.165, 1.54) is 19.3 Å². The molecule has 1 N–H and O–H groups in total. The van der Waals surface area contributed by atoms with Crippen LogP contribution in [0.5, 0.6) is 0 Å². The van der Waals surface area contributed by atoms with Crippen LogP contribution in [0.4, 0.5) is 0 Å². The van der Waals surface area contributed by atoms with Gasteiger partial charge in [0, 0.05) is 6.54 Å². The second-order valence-corrected chi connectivity index (χ2v) is 4.33. The molecule has 1 aliphatic rings. The average Bonchev–Trinajstić information content (AvgIpc) is 2.89. The van der Waals surface area contributed by atoms with Gasteiger partial charge in [-0.05, 0) is 36.8 Å². The van der Waals surface area contributed by atoms with E-state index in [0.717, 1.165) is 18.8 Å². The summed E-state index contributed by atoms with van der Waals surface area (Å²) in [5, 5.41) is 12.0. The summed E-state index contributed by atoms with van der Waals surface area (Å²) < 4.78 is 5.28. The maximum atomic E-state index is 8.59. The van der Waals surface area contributed by atoms with Gasteiger partial charge in [0.15, 0.2) is 0 Å². The van der Waals surface area contributed by atoms with Crippen LogP contribution in [-0.2, 0) is 6.54 Å². The normalized spacial score (nSPS) is 16.2. The lowest BCUT2D eigenvalue weighted by atomic mass is 10.0. The van der Waals surface area contributed by atoms with Crippen LogP contribution in [-0.4, -0.2) is 6.54 Å². The Morgan fingerprint density at radius 2 is 2.25 bits per heavy atom. The number of rotatable bonds is 5. The van der Waals surface area contributed by atoms with E-state index in [1.54, 1.807) is 6.07 Å². The van der Waals surface area contributed by atoms with Crippen LogP contribution in [0, 0.1) is 16.7 Å². The third-order valence-corrected chi connectivity index (χ3v) is 3.28. The Hall–Kier alpha value is -0.980. The Bertz CT molecular complexity index is 377. The lowest BCUT2D eigenvalue weighted by Gasteiger charge is -2.12. The SMILES string of the molecule is CCC1(CNCc2ccc(C#N)o2)CC1.Cl. The fraction of sp³-hybridized carbons (Fsp3) is 0.583. The molecular formula is C12H17ClN2O. The minimum Gasteiger partial charge on any atom is -0.449 e. The molecule has 2 rings (SSSR count). The minimum absolute atomic E-state index is 0. The largest absolute Gasteiger partial charge is 0.449 e. The zero-order valence-electron chi connectivity index (χ0n) is 9.45. The highest BCUT2D eigenvalue weighted by atomic mass is 35.5. The van der Waals surface area contributed by atoms with Crippen molar-refractivity contribution < 1.29 is 4.42 Å².